The molecule has 1 atom stereocenters. The minimum Gasteiger partial charge on any atom is -0.420 e. The summed E-state index contributed by atoms with van der Waals surface area (Å²) in [4.78, 5) is 16.2. The molecular weight excluding hydrogens is 304 g/mol. The van der Waals surface area contributed by atoms with E-state index in [1.807, 2.05) is 48.2 Å². The van der Waals surface area contributed by atoms with Gasteiger partial charge in [0.1, 0.15) is 0 Å². The molecule has 0 N–H and O–H groups in total. The van der Waals surface area contributed by atoms with Gasteiger partial charge in [0.15, 0.2) is 0 Å². The van der Waals surface area contributed by atoms with Crippen molar-refractivity contribution in [2.24, 2.45) is 5.92 Å². The average molecular weight is 326 g/mol. The van der Waals surface area contributed by atoms with E-state index in [-0.39, 0.29) is 11.8 Å². The number of hydrogen-bond acceptors (Lipinski definition) is 5. The molecule has 0 radical (unpaired) electrons. The highest BCUT2D eigenvalue weighted by Crippen LogP contribution is 2.35. The lowest BCUT2D eigenvalue weighted by atomic mass is 10.1. The van der Waals surface area contributed by atoms with Crippen LogP contribution >= 0.6 is 0 Å². The third-order valence-electron chi connectivity index (χ3n) is 4.85. The van der Waals surface area contributed by atoms with E-state index in [1.165, 1.54) is 0 Å². The van der Waals surface area contributed by atoms with Crippen LogP contribution in [0.3, 0.4) is 0 Å². The summed E-state index contributed by atoms with van der Waals surface area (Å²) in [7, 11) is 4.02. The van der Waals surface area contributed by atoms with Gasteiger partial charge in [-0.15, -0.1) is 10.2 Å². The number of nitrogens with zero attached hydrogens (tertiary/aromatic N) is 4. The number of carbonyl (C=O) groups excluding carboxylic acids is 1. The highest BCUT2D eigenvalue weighted by molar-refractivity contribution is 5.81. The number of benzene rings is 1. The summed E-state index contributed by atoms with van der Waals surface area (Å²) >= 11 is 0. The Bertz CT molecular complexity index is 734. The van der Waals surface area contributed by atoms with Crippen LogP contribution in [0.15, 0.2) is 28.7 Å². The van der Waals surface area contributed by atoms with Crippen LogP contribution in [-0.2, 0) is 4.79 Å². The second kappa shape index (κ2) is 5.92. The van der Waals surface area contributed by atoms with Crippen molar-refractivity contribution in [3.63, 3.8) is 0 Å². The quantitative estimate of drug-likeness (QED) is 0.864. The Morgan fingerprint density at radius 2 is 1.92 bits per heavy atom. The van der Waals surface area contributed by atoms with Gasteiger partial charge in [-0.25, -0.2) is 0 Å². The van der Waals surface area contributed by atoms with Crippen molar-refractivity contribution < 1.29 is 9.21 Å². The highest BCUT2D eigenvalue weighted by atomic mass is 16.4. The fraction of sp³-hybridized carbons (Fsp3) is 0.500. The SMILES string of the molecule is CN(C)c1ccc(-c2nnc(C3CCN(C(=O)C4CC4)C3)o2)cc1. The van der Waals surface area contributed by atoms with Crippen LogP contribution in [0.5, 0.6) is 0 Å². The van der Waals surface area contributed by atoms with Gasteiger partial charge in [0.05, 0.1) is 5.92 Å². The molecule has 1 saturated carbocycles. The first-order valence-corrected chi connectivity index (χ1v) is 8.52. The van der Waals surface area contributed by atoms with Gasteiger partial charge in [-0.1, -0.05) is 0 Å². The van der Waals surface area contributed by atoms with Gasteiger partial charge in [0.25, 0.3) is 0 Å². The fourth-order valence-electron chi connectivity index (χ4n) is 3.17. The van der Waals surface area contributed by atoms with Crippen LogP contribution in [0.4, 0.5) is 5.69 Å². The molecule has 1 aromatic carbocycles. The van der Waals surface area contributed by atoms with E-state index in [0.717, 1.165) is 37.1 Å². The van der Waals surface area contributed by atoms with Gasteiger partial charge in [0, 0.05) is 44.4 Å². The number of aromatic nitrogens is 2. The molecule has 2 aliphatic rings. The molecule has 24 heavy (non-hydrogen) atoms. The Balaban J connectivity index is 1.45. The standard InChI is InChI=1S/C18H22N4O2/c1-21(2)15-7-5-12(6-8-15)16-19-20-17(24-16)14-9-10-22(11-14)18(23)13-3-4-13/h5-8,13-14H,3-4,9-11H2,1-2H3. The van der Waals surface area contributed by atoms with Crippen molar-refractivity contribution in [3.8, 4) is 11.5 Å². The summed E-state index contributed by atoms with van der Waals surface area (Å²) in [5, 5.41) is 8.41. The molecule has 1 amide bonds. The van der Waals surface area contributed by atoms with Gasteiger partial charge in [-0.2, -0.15) is 0 Å². The van der Waals surface area contributed by atoms with E-state index in [1.54, 1.807) is 0 Å². The van der Waals surface area contributed by atoms with Crippen LogP contribution < -0.4 is 4.90 Å². The molecule has 2 aromatic rings. The molecule has 1 aliphatic carbocycles. The third kappa shape index (κ3) is 2.88. The van der Waals surface area contributed by atoms with Crippen molar-refractivity contribution >= 4 is 11.6 Å². The Hall–Kier alpha value is -2.37. The molecule has 1 unspecified atom stereocenters. The van der Waals surface area contributed by atoms with Gasteiger partial charge in [0.2, 0.25) is 17.7 Å². The first-order chi connectivity index (χ1) is 11.6. The second-order valence-electron chi connectivity index (χ2n) is 6.93. The largest absolute Gasteiger partial charge is 0.420 e. The van der Waals surface area contributed by atoms with E-state index in [2.05, 4.69) is 10.2 Å². The topological polar surface area (TPSA) is 62.5 Å². The maximum Gasteiger partial charge on any atom is 0.247 e. The molecule has 0 spiro atoms. The fourth-order valence-corrected chi connectivity index (χ4v) is 3.17. The predicted molar refractivity (Wildman–Crippen MR) is 90.7 cm³/mol. The Kier molecular flexibility index (Phi) is 3.75. The average Bonchev–Trinajstić information content (AvgIpc) is 3.12. The van der Waals surface area contributed by atoms with Gasteiger partial charge >= 0.3 is 0 Å². The van der Waals surface area contributed by atoms with E-state index < -0.39 is 0 Å². The van der Waals surface area contributed by atoms with Crippen LogP contribution in [0.2, 0.25) is 0 Å². The number of hydrogen-bond donors (Lipinski definition) is 0. The monoisotopic (exact) mass is 326 g/mol. The number of carbonyl (C=O) groups is 1. The minimum absolute atomic E-state index is 0.162. The molecular formula is C18H22N4O2. The predicted octanol–water partition coefficient (Wildman–Crippen LogP) is 2.53. The van der Waals surface area contributed by atoms with Crippen molar-refractivity contribution in [1.82, 2.24) is 15.1 Å². The van der Waals surface area contributed by atoms with E-state index in [4.69, 9.17) is 4.42 Å². The molecule has 1 saturated heterocycles. The van der Waals surface area contributed by atoms with Crippen molar-refractivity contribution in [3.05, 3.63) is 30.2 Å². The molecule has 2 heterocycles. The van der Waals surface area contributed by atoms with Gasteiger partial charge < -0.3 is 14.2 Å². The molecule has 4 rings (SSSR count). The summed E-state index contributed by atoms with van der Waals surface area (Å²) in [6, 6.07) is 8.05. The molecule has 0 bridgehead atoms. The summed E-state index contributed by atoms with van der Waals surface area (Å²) < 4.78 is 5.88. The zero-order valence-electron chi connectivity index (χ0n) is 14.1. The zero-order chi connectivity index (χ0) is 16.7. The lowest BCUT2D eigenvalue weighted by Crippen LogP contribution is -2.29. The molecule has 126 valence electrons. The first kappa shape index (κ1) is 15.2. The van der Waals surface area contributed by atoms with Crippen molar-refractivity contribution in [2.45, 2.75) is 25.2 Å². The molecule has 2 fully saturated rings. The number of likely N-dealkylation sites (tertiary alicyclic amines) is 1. The highest BCUT2D eigenvalue weighted by Gasteiger charge is 2.38. The lowest BCUT2D eigenvalue weighted by molar-refractivity contribution is -0.131. The van der Waals surface area contributed by atoms with Crippen molar-refractivity contribution in [1.29, 1.82) is 0 Å². The van der Waals surface area contributed by atoms with Crippen LogP contribution in [0.1, 0.15) is 31.1 Å². The Morgan fingerprint density at radius 1 is 1.17 bits per heavy atom. The van der Waals surface area contributed by atoms with Crippen LogP contribution in [0.25, 0.3) is 11.5 Å². The van der Waals surface area contributed by atoms with E-state index >= 15 is 0 Å². The number of amides is 1. The smallest absolute Gasteiger partial charge is 0.247 e. The Labute approximate surface area is 141 Å². The second-order valence-corrected chi connectivity index (χ2v) is 6.93. The van der Waals surface area contributed by atoms with Crippen LogP contribution in [0, 0.1) is 5.92 Å². The lowest BCUT2D eigenvalue weighted by Gasteiger charge is -2.14. The minimum atomic E-state index is 0.162. The molecule has 1 aromatic heterocycles. The van der Waals surface area contributed by atoms with E-state index in [0.29, 0.717) is 24.2 Å². The normalized spacial score (nSPS) is 20.4. The first-order valence-electron chi connectivity index (χ1n) is 8.52. The summed E-state index contributed by atoms with van der Waals surface area (Å²) in [6.07, 6.45) is 3.00. The summed E-state index contributed by atoms with van der Waals surface area (Å²) in [5.41, 5.74) is 2.05. The van der Waals surface area contributed by atoms with E-state index in [9.17, 15) is 4.79 Å². The number of anilines is 1. The Morgan fingerprint density at radius 3 is 2.58 bits per heavy atom. The van der Waals surface area contributed by atoms with Crippen molar-refractivity contribution in [2.75, 3.05) is 32.1 Å². The zero-order valence-corrected chi connectivity index (χ0v) is 14.1. The van der Waals surface area contributed by atoms with Gasteiger partial charge in [-0.05, 0) is 43.5 Å². The third-order valence-corrected chi connectivity index (χ3v) is 4.85. The summed E-state index contributed by atoms with van der Waals surface area (Å²) in [6.45, 7) is 1.51. The molecule has 6 heteroatoms. The number of rotatable bonds is 4. The maximum atomic E-state index is 12.2. The molecule has 1 aliphatic heterocycles. The van der Waals surface area contributed by atoms with Gasteiger partial charge in [-0.3, -0.25) is 4.79 Å². The maximum absolute atomic E-state index is 12.2. The summed E-state index contributed by atoms with van der Waals surface area (Å²) in [5.74, 6) is 1.93. The molecule has 6 nitrogen and oxygen atoms in total. The van der Waals surface area contributed by atoms with Crippen LogP contribution in [-0.4, -0.2) is 48.2 Å².